The molecule has 0 saturated carbocycles. The van der Waals surface area contributed by atoms with E-state index in [1.54, 1.807) is 0 Å². The zero-order valence-electron chi connectivity index (χ0n) is 5.98. The van der Waals surface area contributed by atoms with Crippen molar-refractivity contribution < 1.29 is 39.5 Å². The van der Waals surface area contributed by atoms with E-state index in [4.69, 9.17) is 0 Å². The van der Waals surface area contributed by atoms with Gasteiger partial charge in [0, 0.05) is 0 Å². The van der Waals surface area contributed by atoms with Crippen LogP contribution < -0.4 is 0 Å². The van der Waals surface area contributed by atoms with Crippen molar-refractivity contribution in [3.8, 4) is 0 Å². The Labute approximate surface area is 71.3 Å². The minimum atomic E-state index is -5.56. The number of halogens is 9. The van der Waals surface area contributed by atoms with E-state index in [1.165, 1.54) is 0 Å². The van der Waals surface area contributed by atoms with Crippen molar-refractivity contribution in [2.75, 3.05) is 0 Å². The number of allylic oxidation sites excluding steroid dienone is 1. The van der Waals surface area contributed by atoms with Gasteiger partial charge in [0.15, 0.2) is 6.33 Å². The fourth-order valence-electron chi connectivity index (χ4n) is 0.107. The summed E-state index contributed by atoms with van der Waals surface area (Å²) in [7, 11) is 0. The topological polar surface area (TPSA) is 0 Å². The van der Waals surface area contributed by atoms with Crippen LogP contribution >= 0.6 is 0 Å². The van der Waals surface area contributed by atoms with E-state index >= 15 is 0 Å². The molecule has 14 heavy (non-hydrogen) atoms. The lowest BCUT2D eigenvalue weighted by Gasteiger charge is -1.98. The Balaban J connectivity index is 0. The molecular formula is C5HF9. The highest BCUT2D eigenvalue weighted by atomic mass is 19.4. The first-order valence-electron chi connectivity index (χ1n) is 2.52. The molecule has 0 aliphatic rings. The third kappa shape index (κ3) is 8.94. The highest BCUT2D eigenvalue weighted by Crippen LogP contribution is 2.29. The van der Waals surface area contributed by atoms with Gasteiger partial charge in [-0.2, -0.15) is 35.1 Å². The van der Waals surface area contributed by atoms with Crippen LogP contribution in [-0.4, -0.2) is 6.18 Å². The van der Waals surface area contributed by atoms with Gasteiger partial charge in [-0.25, -0.2) is 4.39 Å². The quantitative estimate of drug-likeness (QED) is 0.545. The lowest BCUT2D eigenvalue weighted by molar-refractivity contribution is -0.113. The van der Waals surface area contributed by atoms with Gasteiger partial charge >= 0.3 is 12.3 Å². The van der Waals surface area contributed by atoms with Crippen LogP contribution in [0.25, 0.3) is 0 Å². The molecule has 0 spiro atoms. The monoisotopic (exact) mass is 232 g/mol. The standard InChI is InChI=1S/C3F6.C2HF3/c4-1(2(5)6)3(7,8)9;3-1-2(4)5/h;1H. The van der Waals surface area contributed by atoms with Crippen molar-refractivity contribution in [3.63, 3.8) is 0 Å². The van der Waals surface area contributed by atoms with Crippen LogP contribution in [0.5, 0.6) is 0 Å². The van der Waals surface area contributed by atoms with Crippen molar-refractivity contribution in [2.24, 2.45) is 0 Å². The van der Waals surface area contributed by atoms with Gasteiger partial charge in [-0.05, 0) is 0 Å². The summed E-state index contributed by atoms with van der Waals surface area (Å²) in [5.74, 6) is -3.33. The molecule has 84 valence electrons. The molecule has 0 radical (unpaired) electrons. The van der Waals surface area contributed by atoms with Crippen LogP contribution in [0.4, 0.5) is 39.5 Å². The highest BCUT2D eigenvalue weighted by Gasteiger charge is 2.38. The minimum Gasteiger partial charge on any atom is -0.210 e. The molecule has 0 aromatic carbocycles. The van der Waals surface area contributed by atoms with E-state index in [2.05, 4.69) is 0 Å². The molecule has 0 bridgehead atoms. The minimum absolute atomic E-state index is 0.750. The fourth-order valence-corrected chi connectivity index (χ4v) is 0.107. The molecular weight excluding hydrogens is 231 g/mol. The first kappa shape index (κ1) is 15.3. The SMILES string of the molecule is FC(F)=C(F)C(F)(F)F.FC=C(F)F. The second-order valence-corrected chi connectivity index (χ2v) is 1.47. The van der Waals surface area contributed by atoms with Gasteiger partial charge in [-0.3, -0.25) is 0 Å². The lowest BCUT2D eigenvalue weighted by Crippen LogP contribution is -2.08. The van der Waals surface area contributed by atoms with Gasteiger partial charge in [-0.1, -0.05) is 0 Å². The summed E-state index contributed by atoms with van der Waals surface area (Å²) in [5.41, 5.74) is 0. The molecule has 0 fully saturated rings. The number of alkyl halides is 3. The molecule has 0 aromatic heterocycles. The Kier molecular flexibility index (Phi) is 6.93. The maximum atomic E-state index is 11.0. The molecule has 0 unspecified atom stereocenters. The van der Waals surface area contributed by atoms with Crippen molar-refractivity contribution in [2.45, 2.75) is 6.18 Å². The third-order valence-electron chi connectivity index (χ3n) is 0.497. The molecule has 0 rings (SSSR count). The first-order chi connectivity index (χ1) is 6.12. The average molecular weight is 232 g/mol. The van der Waals surface area contributed by atoms with Crippen LogP contribution in [0.3, 0.4) is 0 Å². The highest BCUT2D eigenvalue weighted by molar-refractivity contribution is 4.98. The first-order valence-corrected chi connectivity index (χ1v) is 2.52. The second kappa shape index (κ2) is 6.33. The molecule has 0 heterocycles. The normalized spacial score (nSPS) is 9.79. The molecule has 0 nitrogen and oxygen atoms in total. The van der Waals surface area contributed by atoms with Gasteiger partial charge in [0.25, 0.3) is 11.9 Å². The molecule has 9 heteroatoms. The molecule has 0 amide bonds. The van der Waals surface area contributed by atoms with E-state index in [0.717, 1.165) is 0 Å². The summed E-state index contributed by atoms with van der Waals surface area (Å²) in [6.07, 6.45) is -11.9. The largest absolute Gasteiger partial charge is 0.448 e. The summed E-state index contributed by atoms with van der Waals surface area (Å²) >= 11 is 0. The summed E-state index contributed by atoms with van der Waals surface area (Å²) in [5, 5.41) is 0. The number of rotatable bonds is 0. The summed E-state index contributed by atoms with van der Waals surface area (Å²) < 4.78 is 95.5. The zero-order chi connectivity index (χ0) is 11.9. The molecule has 0 N–H and O–H groups in total. The number of hydrogen-bond acceptors (Lipinski definition) is 0. The predicted molar refractivity (Wildman–Crippen MR) is 27.8 cm³/mol. The van der Waals surface area contributed by atoms with Gasteiger partial charge in [0.05, 0.1) is 0 Å². The van der Waals surface area contributed by atoms with E-state index in [0.29, 0.717) is 0 Å². The molecule has 0 saturated heterocycles. The average Bonchev–Trinajstić information content (AvgIpc) is 2.02. The van der Waals surface area contributed by atoms with Crippen molar-refractivity contribution in [1.82, 2.24) is 0 Å². The van der Waals surface area contributed by atoms with Crippen LogP contribution in [-0.2, 0) is 0 Å². The van der Waals surface area contributed by atoms with Crippen molar-refractivity contribution >= 4 is 0 Å². The number of hydrogen-bond donors (Lipinski definition) is 0. The molecule has 0 aromatic rings. The maximum absolute atomic E-state index is 11.0. The Bertz CT molecular complexity index is 214. The maximum Gasteiger partial charge on any atom is 0.448 e. The Morgan fingerprint density at radius 1 is 0.857 bits per heavy atom. The van der Waals surface area contributed by atoms with Gasteiger partial charge in [0.2, 0.25) is 0 Å². The fraction of sp³-hybridized carbons (Fsp3) is 0.200. The van der Waals surface area contributed by atoms with Crippen molar-refractivity contribution in [3.05, 3.63) is 24.3 Å². The second-order valence-electron chi connectivity index (χ2n) is 1.47. The van der Waals surface area contributed by atoms with E-state index in [-0.39, 0.29) is 0 Å². The van der Waals surface area contributed by atoms with E-state index in [1.807, 2.05) is 0 Å². The van der Waals surface area contributed by atoms with Gasteiger partial charge < -0.3 is 0 Å². The predicted octanol–water partition coefficient (Wildman–Crippen LogP) is 4.32. The smallest absolute Gasteiger partial charge is 0.210 e. The summed E-state index contributed by atoms with van der Waals surface area (Å²) in [4.78, 5) is 0. The lowest BCUT2D eigenvalue weighted by atomic mass is 10.6. The molecule has 0 aliphatic carbocycles. The van der Waals surface area contributed by atoms with Crippen LogP contribution in [0.15, 0.2) is 24.3 Å². The third-order valence-corrected chi connectivity index (χ3v) is 0.497. The van der Waals surface area contributed by atoms with Gasteiger partial charge in [0.1, 0.15) is 0 Å². The van der Waals surface area contributed by atoms with E-state index in [9.17, 15) is 39.5 Å². The molecule has 0 atom stereocenters. The Morgan fingerprint density at radius 3 is 1.14 bits per heavy atom. The molecule has 0 aliphatic heterocycles. The van der Waals surface area contributed by atoms with Crippen molar-refractivity contribution in [1.29, 1.82) is 0 Å². The van der Waals surface area contributed by atoms with Crippen LogP contribution in [0.2, 0.25) is 0 Å². The summed E-state index contributed by atoms with van der Waals surface area (Å²) in [6, 6.07) is 0. The van der Waals surface area contributed by atoms with E-state index < -0.39 is 30.5 Å². The zero-order valence-corrected chi connectivity index (χ0v) is 5.98. The summed E-state index contributed by atoms with van der Waals surface area (Å²) in [6.45, 7) is 0. The van der Waals surface area contributed by atoms with Crippen LogP contribution in [0.1, 0.15) is 0 Å². The Morgan fingerprint density at radius 2 is 1.14 bits per heavy atom. The Hall–Kier alpha value is -1.15. The van der Waals surface area contributed by atoms with Crippen LogP contribution in [0, 0.1) is 0 Å². The van der Waals surface area contributed by atoms with Gasteiger partial charge in [-0.15, -0.1) is 0 Å².